The lowest BCUT2D eigenvalue weighted by atomic mass is 10.1. The average Bonchev–Trinajstić information content (AvgIpc) is 2.55. The van der Waals surface area contributed by atoms with E-state index >= 15 is 0 Å². The quantitative estimate of drug-likeness (QED) is 0.465. The maximum Gasteiger partial charge on any atom is 0.308 e. The zero-order valence-electron chi connectivity index (χ0n) is 12.9. The van der Waals surface area contributed by atoms with Gasteiger partial charge in [0, 0.05) is 19.0 Å². The number of ketones is 1. The molecule has 5 heteroatoms. The lowest BCUT2D eigenvalue weighted by molar-refractivity contribution is -0.131. The van der Waals surface area contributed by atoms with Crippen LogP contribution in [0.15, 0.2) is 54.6 Å². The van der Waals surface area contributed by atoms with Crippen molar-refractivity contribution in [2.75, 3.05) is 13.1 Å². The van der Waals surface area contributed by atoms with E-state index in [0.717, 1.165) is 0 Å². The van der Waals surface area contributed by atoms with Crippen LogP contribution in [0.4, 0.5) is 0 Å². The first-order chi connectivity index (χ1) is 11.1. The molecule has 2 rings (SSSR count). The summed E-state index contributed by atoms with van der Waals surface area (Å²) in [5.74, 6) is 0.0167. The SMILES string of the molecule is CC(=O)Oc1ccc([C@H](O)CNCC(=O)c2ccccc2)cc1. The van der Waals surface area contributed by atoms with Crippen LogP contribution in [-0.4, -0.2) is 29.9 Å². The van der Waals surface area contributed by atoms with Crippen LogP contribution in [-0.2, 0) is 4.79 Å². The molecule has 23 heavy (non-hydrogen) atoms. The summed E-state index contributed by atoms with van der Waals surface area (Å²) >= 11 is 0. The molecule has 0 fully saturated rings. The Morgan fingerprint density at radius 1 is 1.09 bits per heavy atom. The second-order valence-electron chi connectivity index (χ2n) is 5.10. The van der Waals surface area contributed by atoms with Crippen LogP contribution < -0.4 is 10.1 Å². The molecule has 2 aromatic carbocycles. The van der Waals surface area contributed by atoms with Gasteiger partial charge in [-0.2, -0.15) is 0 Å². The molecular formula is C18H19NO4. The second kappa shape index (κ2) is 8.22. The highest BCUT2D eigenvalue weighted by molar-refractivity contribution is 5.97. The van der Waals surface area contributed by atoms with Gasteiger partial charge in [0.15, 0.2) is 5.78 Å². The van der Waals surface area contributed by atoms with E-state index in [1.54, 1.807) is 36.4 Å². The topological polar surface area (TPSA) is 75.6 Å². The molecule has 0 bridgehead atoms. The van der Waals surface area contributed by atoms with Crippen molar-refractivity contribution in [3.63, 3.8) is 0 Å². The number of ether oxygens (including phenoxy) is 1. The predicted octanol–water partition coefficient (Wildman–Crippen LogP) is 2.12. The largest absolute Gasteiger partial charge is 0.427 e. The van der Waals surface area contributed by atoms with Gasteiger partial charge in [0.25, 0.3) is 0 Å². The van der Waals surface area contributed by atoms with Gasteiger partial charge in [-0.3, -0.25) is 9.59 Å². The van der Waals surface area contributed by atoms with E-state index in [0.29, 0.717) is 16.9 Å². The zero-order valence-corrected chi connectivity index (χ0v) is 12.9. The van der Waals surface area contributed by atoms with Crippen molar-refractivity contribution >= 4 is 11.8 Å². The number of Topliss-reactive ketones (excluding diaryl/α,β-unsaturated/α-hetero) is 1. The number of esters is 1. The zero-order chi connectivity index (χ0) is 16.7. The Bertz CT molecular complexity index is 652. The molecule has 0 aromatic heterocycles. The van der Waals surface area contributed by atoms with Gasteiger partial charge >= 0.3 is 5.97 Å². The average molecular weight is 313 g/mol. The van der Waals surface area contributed by atoms with Gasteiger partial charge in [-0.1, -0.05) is 42.5 Å². The molecule has 0 aliphatic heterocycles. The van der Waals surface area contributed by atoms with Gasteiger partial charge in [0.05, 0.1) is 12.6 Å². The minimum absolute atomic E-state index is 0.0250. The van der Waals surface area contributed by atoms with Crippen LogP contribution in [0.3, 0.4) is 0 Å². The molecule has 2 aromatic rings. The first-order valence-corrected chi connectivity index (χ1v) is 7.31. The summed E-state index contributed by atoms with van der Waals surface area (Å²) in [5.41, 5.74) is 1.32. The molecule has 0 spiro atoms. The van der Waals surface area contributed by atoms with Crippen LogP contribution in [0.5, 0.6) is 5.75 Å². The number of benzene rings is 2. The highest BCUT2D eigenvalue weighted by Crippen LogP contribution is 2.17. The predicted molar refractivity (Wildman–Crippen MR) is 86.4 cm³/mol. The first kappa shape index (κ1) is 16.9. The van der Waals surface area contributed by atoms with Gasteiger partial charge in [-0.25, -0.2) is 0 Å². The van der Waals surface area contributed by atoms with Crippen molar-refractivity contribution in [1.29, 1.82) is 0 Å². The van der Waals surface area contributed by atoms with Crippen molar-refractivity contribution < 1.29 is 19.4 Å². The minimum atomic E-state index is -0.745. The Labute approximate surface area is 134 Å². The Hall–Kier alpha value is -2.50. The van der Waals surface area contributed by atoms with E-state index in [9.17, 15) is 14.7 Å². The fourth-order valence-electron chi connectivity index (χ4n) is 2.09. The molecule has 5 nitrogen and oxygen atoms in total. The summed E-state index contributed by atoms with van der Waals surface area (Å²) in [6.45, 7) is 1.74. The van der Waals surface area contributed by atoms with E-state index in [4.69, 9.17) is 4.74 Å². The number of aliphatic hydroxyl groups excluding tert-OH is 1. The van der Waals surface area contributed by atoms with Gasteiger partial charge in [-0.05, 0) is 17.7 Å². The minimum Gasteiger partial charge on any atom is -0.427 e. The van der Waals surface area contributed by atoms with Gasteiger partial charge in [0.2, 0.25) is 0 Å². The molecule has 0 saturated heterocycles. The number of carbonyl (C=O) groups excluding carboxylic acids is 2. The molecule has 120 valence electrons. The number of hydrogen-bond donors (Lipinski definition) is 2. The Morgan fingerprint density at radius 3 is 2.35 bits per heavy atom. The van der Waals surface area contributed by atoms with Crippen LogP contribution in [0.25, 0.3) is 0 Å². The number of aliphatic hydroxyl groups is 1. The monoisotopic (exact) mass is 313 g/mol. The molecule has 0 heterocycles. The fraction of sp³-hybridized carbons (Fsp3) is 0.222. The van der Waals surface area contributed by atoms with Gasteiger partial charge < -0.3 is 15.2 Å². The maximum atomic E-state index is 11.9. The molecular weight excluding hydrogens is 294 g/mol. The van der Waals surface area contributed by atoms with Crippen LogP contribution >= 0.6 is 0 Å². The van der Waals surface area contributed by atoms with Crippen molar-refractivity contribution in [3.05, 3.63) is 65.7 Å². The molecule has 0 aliphatic carbocycles. The summed E-state index contributed by atoms with van der Waals surface area (Å²) in [4.78, 5) is 22.8. The van der Waals surface area contributed by atoms with E-state index < -0.39 is 6.10 Å². The Morgan fingerprint density at radius 2 is 1.74 bits per heavy atom. The van der Waals surface area contributed by atoms with Crippen molar-refractivity contribution in [1.82, 2.24) is 5.32 Å². The van der Waals surface area contributed by atoms with Crippen LogP contribution in [0.2, 0.25) is 0 Å². The van der Waals surface area contributed by atoms with E-state index in [1.165, 1.54) is 6.92 Å². The summed E-state index contributed by atoms with van der Waals surface area (Å²) in [6.07, 6.45) is -0.745. The van der Waals surface area contributed by atoms with E-state index in [2.05, 4.69) is 5.32 Å². The van der Waals surface area contributed by atoms with Gasteiger partial charge in [0.1, 0.15) is 5.75 Å². The summed E-state index contributed by atoms with van der Waals surface area (Å²) in [6, 6.07) is 15.6. The number of nitrogens with one attached hydrogen (secondary N) is 1. The smallest absolute Gasteiger partial charge is 0.308 e. The first-order valence-electron chi connectivity index (χ1n) is 7.31. The third kappa shape index (κ3) is 5.32. The Balaban J connectivity index is 1.81. The molecule has 0 saturated carbocycles. The van der Waals surface area contributed by atoms with Crippen molar-refractivity contribution in [2.24, 2.45) is 0 Å². The highest BCUT2D eigenvalue weighted by atomic mass is 16.5. The van der Waals surface area contributed by atoms with E-state index in [1.807, 2.05) is 18.2 Å². The van der Waals surface area contributed by atoms with Crippen LogP contribution in [0.1, 0.15) is 28.9 Å². The third-order valence-corrected chi connectivity index (χ3v) is 3.25. The third-order valence-electron chi connectivity index (χ3n) is 3.25. The molecule has 1 atom stereocenters. The van der Waals surface area contributed by atoms with Crippen molar-refractivity contribution in [2.45, 2.75) is 13.0 Å². The molecule has 0 unspecified atom stereocenters. The highest BCUT2D eigenvalue weighted by Gasteiger charge is 2.10. The lowest BCUT2D eigenvalue weighted by Crippen LogP contribution is -2.27. The normalized spacial score (nSPS) is 11.7. The lowest BCUT2D eigenvalue weighted by Gasteiger charge is -2.12. The maximum absolute atomic E-state index is 11.9. The summed E-state index contributed by atoms with van der Waals surface area (Å²) in [5, 5.41) is 13.0. The van der Waals surface area contributed by atoms with Crippen LogP contribution in [0, 0.1) is 0 Å². The number of carbonyl (C=O) groups is 2. The fourth-order valence-corrected chi connectivity index (χ4v) is 2.09. The van der Waals surface area contributed by atoms with Gasteiger partial charge in [-0.15, -0.1) is 0 Å². The van der Waals surface area contributed by atoms with Crippen molar-refractivity contribution in [3.8, 4) is 5.75 Å². The Kier molecular flexibility index (Phi) is 6.02. The standard InChI is InChI=1S/C18H19NO4/c1-13(20)23-16-9-7-15(8-10-16)18(22)12-19-11-17(21)14-5-3-2-4-6-14/h2-10,18-19,22H,11-12H2,1H3/t18-/m1/s1. The number of hydrogen-bond acceptors (Lipinski definition) is 5. The second-order valence-corrected chi connectivity index (χ2v) is 5.10. The molecule has 0 amide bonds. The van der Waals surface area contributed by atoms with E-state index in [-0.39, 0.29) is 24.8 Å². The summed E-state index contributed by atoms with van der Waals surface area (Å²) < 4.78 is 4.93. The molecule has 0 aliphatic rings. The summed E-state index contributed by atoms with van der Waals surface area (Å²) in [7, 11) is 0. The molecule has 2 N–H and O–H groups in total. The number of rotatable bonds is 7. The molecule has 0 radical (unpaired) electrons.